The third-order valence-corrected chi connectivity index (χ3v) is 5.30. The summed E-state index contributed by atoms with van der Waals surface area (Å²) >= 11 is 7.07. The fourth-order valence-electron chi connectivity index (χ4n) is 2.67. The van der Waals surface area contributed by atoms with Gasteiger partial charge in [-0.15, -0.1) is 0 Å². The fraction of sp³-hybridized carbons (Fsp3) is 0.0435. The average molecular weight is 513 g/mol. The number of benzene rings is 3. The maximum absolute atomic E-state index is 11.0. The lowest BCUT2D eigenvalue weighted by atomic mass is 10.0. The zero-order valence-electron chi connectivity index (χ0n) is 15.1. The first kappa shape index (κ1) is 20.8. The van der Waals surface area contributed by atoms with Crippen molar-refractivity contribution in [1.82, 2.24) is 0 Å². The Morgan fingerprint density at radius 2 is 1.59 bits per heavy atom. The van der Waals surface area contributed by atoms with Gasteiger partial charge in [-0.25, -0.2) is 4.79 Å². The van der Waals surface area contributed by atoms with Gasteiger partial charge < -0.3 is 9.84 Å². The van der Waals surface area contributed by atoms with Gasteiger partial charge in [0, 0.05) is 0 Å². The number of carbonyl (C=O) groups is 1. The van der Waals surface area contributed by atoms with E-state index in [9.17, 15) is 10.1 Å². The number of hydrogen-bond acceptors (Lipinski definition) is 3. The molecule has 3 aromatic rings. The first-order chi connectivity index (χ1) is 14.0. The molecular weight excluding hydrogens is 498 g/mol. The summed E-state index contributed by atoms with van der Waals surface area (Å²) in [6.07, 6.45) is 1.74. The van der Waals surface area contributed by atoms with Crippen LogP contribution in [-0.2, 0) is 6.61 Å². The van der Waals surface area contributed by atoms with Crippen LogP contribution in [0.2, 0.25) is 0 Å². The second-order valence-electron chi connectivity index (χ2n) is 6.14. The van der Waals surface area contributed by atoms with Gasteiger partial charge in [-0.05, 0) is 78.9 Å². The van der Waals surface area contributed by atoms with E-state index in [1.54, 1.807) is 18.2 Å². The third kappa shape index (κ3) is 5.35. The van der Waals surface area contributed by atoms with E-state index < -0.39 is 5.97 Å². The number of nitriles is 1. The summed E-state index contributed by atoms with van der Waals surface area (Å²) in [5, 5.41) is 18.5. The highest BCUT2D eigenvalue weighted by atomic mass is 79.9. The lowest BCUT2D eigenvalue weighted by Gasteiger charge is -2.12. The number of carboxylic acid groups (broad SMARTS) is 1. The highest BCUT2D eigenvalue weighted by Crippen LogP contribution is 2.36. The van der Waals surface area contributed by atoms with Crippen molar-refractivity contribution in [3.8, 4) is 11.8 Å². The van der Waals surface area contributed by atoms with Gasteiger partial charge in [0.25, 0.3) is 0 Å². The van der Waals surface area contributed by atoms with Gasteiger partial charge in [0.1, 0.15) is 12.4 Å². The molecule has 0 heterocycles. The Labute approximate surface area is 185 Å². The van der Waals surface area contributed by atoms with E-state index >= 15 is 0 Å². The monoisotopic (exact) mass is 511 g/mol. The van der Waals surface area contributed by atoms with Crippen LogP contribution < -0.4 is 4.74 Å². The summed E-state index contributed by atoms with van der Waals surface area (Å²) in [6, 6.07) is 22.0. The zero-order chi connectivity index (χ0) is 20.8. The molecule has 144 valence electrons. The lowest BCUT2D eigenvalue weighted by molar-refractivity contribution is 0.0697. The summed E-state index contributed by atoms with van der Waals surface area (Å²) < 4.78 is 7.44. The fourth-order valence-corrected chi connectivity index (χ4v) is 4.12. The Balaban J connectivity index is 1.84. The molecule has 6 heteroatoms. The Morgan fingerprint density at radius 3 is 2.14 bits per heavy atom. The van der Waals surface area contributed by atoms with Gasteiger partial charge in [-0.1, -0.05) is 42.5 Å². The maximum atomic E-state index is 11.0. The zero-order valence-corrected chi connectivity index (χ0v) is 18.3. The summed E-state index contributed by atoms with van der Waals surface area (Å²) in [7, 11) is 0. The number of rotatable bonds is 6. The number of carboxylic acids is 1. The molecule has 29 heavy (non-hydrogen) atoms. The predicted octanol–water partition coefficient (Wildman–Crippen LogP) is 6.55. The van der Waals surface area contributed by atoms with Gasteiger partial charge in [-0.2, -0.15) is 5.26 Å². The number of halogens is 2. The molecule has 1 N–H and O–H groups in total. The summed E-state index contributed by atoms with van der Waals surface area (Å²) in [5.41, 5.74) is 3.12. The number of aromatic carboxylic acids is 1. The number of nitrogens with zero attached hydrogens (tertiary/aromatic N) is 1. The van der Waals surface area contributed by atoms with Crippen LogP contribution in [0.1, 0.15) is 27.0 Å². The Hall–Kier alpha value is -2.88. The molecule has 0 saturated heterocycles. The molecule has 0 unspecified atom stereocenters. The van der Waals surface area contributed by atoms with E-state index in [2.05, 4.69) is 37.9 Å². The quantitative estimate of drug-likeness (QED) is 0.300. The lowest BCUT2D eigenvalue weighted by Crippen LogP contribution is -1.97. The molecule has 0 atom stereocenters. The second-order valence-corrected chi connectivity index (χ2v) is 7.85. The van der Waals surface area contributed by atoms with Crippen LogP contribution in [0, 0.1) is 11.3 Å². The molecule has 0 spiro atoms. The molecule has 0 aromatic heterocycles. The van der Waals surface area contributed by atoms with Crippen LogP contribution in [0.25, 0.3) is 11.6 Å². The average Bonchev–Trinajstić information content (AvgIpc) is 2.72. The van der Waals surface area contributed by atoms with Crippen molar-refractivity contribution in [2.24, 2.45) is 0 Å². The molecule has 0 amide bonds. The third-order valence-electron chi connectivity index (χ3n) is 4.12. The summed E-state index contributed by atoms with van der Waals surface area (Å²) in [4.78, 5) is 11.0. The number of ether oxygens (including phenoxy) is 1. The highest BCUT2D eigenvalue weighted by molar-refractivity contribution is 9.11. The minimum atomic E-state index is -1.00. The molecule has 0 bridgehead atoms. The molecule has 4 nitrogen and oxygen atoms in total. The van der Waals surface area contributed by atoms with Gasteiger partial charge in [0.05, 0.1) is 26.2 Å². The normalized spacial score (nSPS) is 11.0. The van der Waals surface area contributed by atoms with E-state index in [1.807, 2.05) is 42.5 Å². The SMILES string of the molecule is N#C/C(=C/c1cc(Br)c(OCc2ccccc2)c(Br)c1)c1ccc(C(=O)O)cc1. The predicted molar refractivity (Wildman–Crippen MR) is 120 cm³/mol. The summed E-state index contributed by atoms with van der Waals surface area (Å²) in [6.45, 7) is 0.437. The molecule has 3 aromatic carbocycles. The van der Waals surface area contributed by atoms with Gasteiger partial charge in [0.2, 0.25) is 0 Å². The second kappa shape index (κ2) is 9.55. The van der Waals surface area contributed by atoms with Crippen molar-refractivity contribution in [2.75, 3.05) is 0 Å². The molecule has 0 aliphatic rings. The van der Waals surface area contributed by atoms with Crippen LogP contribution in [0.5, 0.6) is 5.75 Å². The number of allylic oxidation sites excluding steroid dienone is 1. The van der Waals surface area contributed by atoms with Gasteiger partial charge in [0.15, 0.2) is 0 Å². The van der Waals surface area contributed by atoms with Gasteiger partial charge in [-0.3, -0.25) is 0 Å². The van der Waals surface area contributed by atoms with E-state index in [0.717, 1.165) is 20.1 Å². The molecule has 0 saturated carbocycles. The smallest absolute Gasteiger partial charge is 0.335 e. The van der Waals surface area contributed by atoms with Crippen molar-refractivity contribution in [1.29, 1.82) is 5.26 Å². The topological polar surface area (TPSA) is 70.3 Å². The van der Waals surface area contributed by atoms with E-state index in [4.69, 9.17) is 9.84 Å². The highest BCUT2D eigenvalue weighted by Gasteiger charge is 2.10. The summed E-state index contributed by atoms with van der Waals surface area (Å²) in [5.74, 6) is -0.326. The van der Waals surface area contributed by atoms with E-state index in [-0.39, 0.29) is 5.56 Å². The maximum Gasteiger partial charge on any atom is 0.335 e. The Morgan fingerprint density at radius 1 is 1.00 bits per heavy atom. The largest absolute Gasteiger partial charge is 0.487 e. The molecule has 0 aliphatic heterocycles. The van der Waals surface area contributed by atoms with Crippen molar-refractivity contribution in [3.05, 3.63) is 97.9 Å². The Kier molecular flexibility index (Phi) is 6.86. The standard InChI is InChI=1S/C23H15Br2NO3/c24-20-11-16(10-19(13-26)17-6-8-18(9-7-17)23(27)28)12-21(25)22(20)29-14-15-4-2-1-3-5-15/h1-12H,14H2,(H,27,28)/b19-10-. The van der Waals surface area contributed by atoms with Crippen LogP contribution in [0.4, 0.5) is 0 Å². The van der Waals surface area contributed by atoms with Crippen LogP contribution in [0.15, 0.2) is 75.7 Å². The van der Waals surface area contributed by atoms with E-state index in [0.29, 0.717) is 23.5 Å². The van der Waals surface area contributed by atoms with Crippen molar-refractivity contribution in [2.45, 2.75) is 6.61 Å². The van der Waals surface area contributed by atoms with Crippen molar-refractivity contribution in [3.63, 3.8) is 0 Å². The number of hydrogen-bond donors (Lipinski definition) is 1. The molecule has 0 fully saturated rings. The molecule has 0 radical (unpaired) electrons. The van der Waals surface area contributed by atoms with Crippen molar-refractivity contribution >= 4 is 49.5 Å². The van der Waals surface area contributed by atoms with Crippen LogP contribution in [-0.4, -0.2) is 11.1 Å². The van der Waals surface area contributed by atoms with Crippen LogP contribution >= 0.6 is 31.9 Å². The van der Waals surface area contributed by atoms with E-state index in [1.165, 1.54) is 12.1 Å². The van der Waals surface area contributed by atoms with Gasteiger partial charge >= 0.3 is 5.97 Å². The minimum absolute atomic E-state index is 0.177. The molecular formula is C23H15Br2NO3. The van der Waals surface area contributed by atoms with Crippen LogP contribution in [0.3, 0.4) is 0 Å². The Bertz CT molecular complexity index is 1080. The first-order valence-electron chi connectivity index (χ1n) is 8.59. The molecule has 3 rings (SSSR count). The molecule has 0 aliphatic carbocycles. The first-order valence-corrected chi connectivity index (χ1v) is 10.2. The van der Waals surface area contributed by atoms with Crippen molar-refractivity contribution < 1.29 is 14.6 Å². The minimum Gasteiger partial charge on any atom is -0.487 e.